The molecule has 1 aromatic carbocycles. The van der Waals surface area contributed by atoms with Crippen molar-refractivity contribution < 1.29 is 5.11 Å². The van der Waals surface area contributed by atoms with Crippen molar-refractivity contribution in [2.24, 2.45) is 0 Å². The highest BCUT2D eigenvalue weighted by atomic mass is 16.3. The third kappa shape index (κ3) is 2.30. The van der Waals surface area contributed by atoms with Gasteiger partial charge in [-0.1, -0.05) is 17.7 Å². The average Bonchev–Trinajstić information content (AvgIpc) is 2.83. The van der Waals surface area contributed by atoms with Gasteiger partial charge < -0.3 is 5.11 Å². The number of aliphatic hydroxyl groups is 1. The first kappa shape index (κ1) is 12.8. The van der Waals surface area contributed by atoms with Gasteiger partial charge in [0.25, 0.3) is 0 Å². The molecule has 0 saturated heterocycles. The van der Waals surface area contributed by atoms with E-state index in [2.05, 4.69) is 42.1 Å². The molecule has 0 aliphatic rings. The minimum Gasteiger partial charge on any atom is -0.396 e. The van der Waals surface area contributed by atoms with Crippen LogP contribution in [0.1, 0.15) is 16.8 Å². The first-order valence-electron chi connectivity index (χ1n) is 6.71. The molecular weight excluding hydrogens is 250 g/mol. The largest absolute Gasteiger partial charge is 0.396 e. The van der Waals surface area contributed by atoms with Gasteiger partial charge >= 0.3 is 0 Å². The van der Waals surface area contributed by atoms with E-state index in [1.54, 1.807) is 4.52 Å². The van der Waals surface area contributed by atoms with E-state index in [9.17, 15) is 0 Å². The molecule has 0 aliphatic heterocycles. The molecule has 0 fully saturated rings. The predicted molar refractivity (Wildman–Crippen MR) is 78.7 cm³/mol. The summed E-state index contributed by atoms with van der Waals surface area (Å²) in [4.78, 5) is 4.42. The normalized spacial score (nSPS) is 11.2. The van der Waals surface area contributed by atoms with Gasteiger partial charge in [0.2, 0.25) is 0 Å². The van der Waals surface area contributed by atoms with Crippen molar-refractivity contribution in [3.8, 4) is 11.3 Å². The molecule has 0 unspecified atom stereocenters. The van der Waals surface area contributed by atoms with E-state index >= 15 is 0 Å². The molecule has 0 saturated carbocycles. The van der Waals surface area contributed by atoms with Crippen LogP contribution < -0.4 is 0 Å². The molecule has 0 aliphatic carbocycles. The summed E-state index contributed by atoms with van der Waals surface area (Å²) >= 11 is 0. The molecule has 0 bridgehead atoms. The minimum absolute atomic E-state index is 0.105. The fourth-order valence-corrected chi connectivity index (χ4v) is 2.32. The van der Waals surface area contributed by atoms with Gasteiger partial charge in [0, 0.05) is 18.6 Å². The summed E-state index contributed by atoms with van der Waals surface area (Å²) < 4.78 is 1.78. The molecule has 4 nitrogen and oxygen atoms in total. The standard InChI is InChI=1S/C16H17N3O/c1-11-3-4-12(2)14(9-11)15-5-6-16-17-13(7-8-20)10-19(16)18-15/h3-6,9-10,20H,7-8H2,1-2H3. The van der Waals surface area contributed by atoms with Gasteiger partial charge in [-0.2, -0.15) is 5.10 Å². The van der Waals surface area contributed by atoms with Gasteiger partial charge in [-0.15, -0.1) is 0 Å². The molecule has 0 radical (unpaired) electrons. The van der Waals surface area contributed by atoms with Crippen molar-refractivity contribution in [1.82, 2.24) is 14.6 Å². The Morgan fingerprint density at radius 1 is 1.15 bits per heavy atom. The Balaban J connectivity index is 2.10. The maximum Gasteiger partial charge on any atom is 0.153 e. The van der Waals surface area contributed by atoms with Crippen LogP contribution in [-0.4, -0.2) is 26.3 Å². The zero-order valence-corrected chi connectivity index (χ0v) is 11.7. The first-order chi connectivity index (χ1) is 9.67. The summed E-state index contributed by atoms with van der Waals surface area (Å²) in [6, 6.07) is 10.3. The number of nitrogens with zero attached hydrogens (tertiary/aromatic N) is 3. The molecule has 2 aromatic heterocycles. The molecule has 1 N–H and O–H groups in total. The van der Waals surface area contributed by atoms with Crippen molar-refractivity contribution >= 4 is 5.65 Å². The number of aromatic nitrogens is 3. The Morgan fingerprint density at radius 3 is 2.80 bits per heavy atom. The highest BCUT2D eigenvalue weighted by Crippen LogP contribution is 2.23. The maximum atomic E-state index is 8.97. The van der Waals surface area contributed by atoms with Gasteiger partial charge in [-0.3, -0.25) is 0 Å². The number of aliphatic hydroxyl groups excluding tert-OH is 1. The van der Waals surface area contributed by atoms with E-state index in [4.69, 9.17) is 5.11 Å². The van der Waals surface area contributed by atoms with Gasteiger partial charge in [0.1, 0.15) is 0 Å². The third-order valence-corrected chi connectivity index (χ3v) is 3.41. The Bertz CT molecular complexity index is 762. The van der Waals surface area contributed by atoms with Crippen molar-refractivity contribution in [2.45, 2.75) is 20.3 Å². The zero-order chi connectivity index (χ0) is 14.1. The smallest absolute Gasteiger partial charge is 0.153 e. The highest BCUT2D eigenvalue weighted by molar-refractivity contribution is 5.65. The van der Waals surface area contributed by atoms with E-state index in [0.717, 1.165) is 22.6 Å². The average molecular weight is 267 g/mol. The second-order valence-electron chi connectivity index (χ2n) is 5.05. The lowest BCUT2D eigenvalue weighted by atomic mass is 10.0. The quantitative estimate of drug-likeness (QED) is 0.793. The Hall–Kier alpha value is -2.20. The van der Waals surface area contributed by atoms with Gasteiger partial charge in [0.05, 0.1) is 17.6 Å². The van der Waals surface area contributed by atoms with Gasteiger partial charge in [-0.25, -0.2) is 9.50 Å². The molecule has 0 atom stereocenters. The number of rotatable bonds is 3. The van der Waals surface area contributed by atoms with Crippen LogP contribution in [0.3, 0.4) is 0 Å². The van der Waals surface area contributed by atoms with Crippen LogP contribution in [0.4, 0.5) is 0 Å². The number of imidazole rings is 1. The molecule has 4 heteroatoms. The molecule has 3 rings (SSSR count). The lowest BCUT2D eigenvalue weighted by molar-refractivity contribution is 0.298. The van der Waals surface area contributed by atoms with E-state index in [1.165, 1.54) is 11.1 Å². The van der Waals surface area contributed by atoms with Crippen molar-refractivity contribution in [3.63, 3.8) is 0 Å². The minimum atomic E-state index is 0.105. The van der Waals surface area contributed by atoms with E-state index in [0.29, 0.717) is 6.42 Å². The molecule has 20 heavy (non-hydrogen) atoms. The van der Waals surface area contributed by atoms with E-state index in [1.807, 2.05) is 18.3 Å². The lowest BCUT2D eigenvalue weighted by Crippen LogP contribution is -1.95. The molecule has 0 amide bonds. The molecule has 2 heterocycles. The summed E-state index contributed by atoms with van der Waals surface area (Å²) in [5, 5.41) is 13.6. The lowest BCUT2D eigenvalue weighted by Gasteiger charge is -2.06. The highest BCUT2D eigenvalue weighted by Gasteiger charge is 2.07. The second-order valence-corrected chi connectivity index (χ2v) is 5.05. The molecular formula is C16H17N3O. The number of benzene rings is 1. The van der Waals surface area contributed by atoms with Crippen molar-refractivity contribution in [3.05, 3.63) is 53.3 Å². The summed E-state index contributed by atoms with van der Waals surface area (Å²) in [6.07, 6.45) is 2.43. The van der Waals surface area contributed by atoms with Crippen LogP contribution in [0.5, 0.6) is 0 Å². The summed E-state index contributed by atoms with van der Waals surface area (Å²) in [5.74, 6) is 0. The fourth-order valence-electron chi connectivity index (χ4n) is 2.32. The maximum absolute atomic E-state index is 8.97. The number of aryl methyl sites for hydroxylation is 2. The van der Waals surface area contributed by atoms with Crippen LogP contribution in [0.25, 0.3) is 16.9 Å². The third-order valence-electron chi connectivity index (χ3n) is 3.41. The summed E-state index contributed by atoms with van der Waals surface area (Å²) in [6.45, 7) is 4.28. The zero-order valence-electron chi connectivity index (χ0n) is 11.7. The Morgan fingerprint density at radius 2 is 2.00 bits per heavy atom. The van der Waals surface area contributed by atoms with Crippen LogP contribution >= 0.6 is 0 Å². The Kier molecular flexibility index (Phi) is 3.24. The van der Waals surface area contributed by atoms with E-state index in [-0.39, 0.29) is 6.61 Å². The summed E-state index contributed by atoms with van der Waals surface area (Å²) in [7, 11) is 0. The van der Waals surface area contributed by atoms with E-state index < -0.39 is 0 Å². The molecule has 102 valence electrons. The Labute approximate surface area is 117 Å². The molecule has 0 spiro atoms. The number of hydrogen-bond donors (Lipinski definition) is 1. The first-order valence-corrected chi connectivity index (χ1v) is 6.71. The number of fused-ring (bicyclic) bond motifs is 1. The topological polar surface area (TPSA) is 50.4 Å². The van der Waals surface area contributed by atoms with Gasteiger partial charge in [0.15, 0.2) is 5.65 Å². The van der Waals surface area contributed by atoms with Crippen LogP contribution in [0.15, 0.2) is 36.5 Å². The van der Waals surface area contributed by atoms with Crippen molar-refractivity contribution in [2.75, 3.05) is 6.61 Å². The van der Waals surface area contributed by atoms with Crippen LogP contribution in [0, 0.1) is 13.8 Å². The predicted octanol–water partition coefficient (Wildman–Crippen LogP) is 2.55. The second kappa shape index (κ2) is 5.06. The van der Waals surface area contributed by atoms with Crippen molar-refractivity contribution in [1.29, 1.82) is 0 Å². The number of hydrogen-bond acceptors (Lipinski definition) is 3. The van der Waals surface area contributed by atoms with Crippen LogP contribution in [0.2, 0.25) is 0 Å². The molecule has 3 aromatic rings. The summed E-state index contributed by atoms with van der Waals surface area (Å²) in [5.41, 5.74) is 6.17. The van der Waals surface area contributed by atoms with Gasteiger partial charge in [-0.05, 0) is 37.6 Å². The SMILES string of the molecule is Cc1ccc(C)c(-c2ccc3nc(CCO)cn3n2)c1. The van der Waals surface area contributed by atoms with Crippen LogP contribution in [-0.2, 0) is 6.42 Å². The monoisotopic (exact) mass is 267 g/mol. The fraction of sp³-hybridized carbons (Fsp3) is 0.250.